The highest BCUT2D eigenvalue weighted by atomic mass is 16.5. The topological polar surface area (TPSA) is 142 Å². The largest absolute Gasteiger partial charge is 0.465 e. The minimum Gasteiger partial charge on any atom is -0.465 e. The molecule has 0 aliphatic carbocycles. The predicted octanol–water partition coefficient (Wildman–Crippen LogP) is 0.150. The second-order valence-electron chi connectivity index (χ2n) is 5.13. The molecule has 10 heteroatoms. The molecular weight excluding hydrogens is 330 g/mol. The molecule has 0 unspecified atom stereocenters. The smallest absolute Gasteiger partial charge is 0.302 e. The number of nitrogens with zero attached hydrogens (tertiary/aromatic N) is 4. The van der Waals surface area contributed by atoms with Crippen molar-refractivity contribution in [1.82, 2.24) is 19.5 Å². The van der Waals surface area contributed by atoms with Crippen LogP contribution in [0.15, 0.2) is 12.5 Å². The maximum Gasteiger partial charge on any atom is 0.302 e. The number of aryl methyl sites for hydroxylation is 1. The van der Waals surface area contributed by atoms with E-state index in [2.05, 4.69) is 15.0 Å². The van der Waals surface area contributed by atoms with Crippen LogP contribution >= 0.6 is 0 Å². The second-order valence-corrected chi connectivity index (χ2v) is 5.13. The van der Waals surface area contributed by atoms with Gasteiger partial charge in [0.25, 0.3) is 0 Å². The van der Waals surface area contributed by atoms with Gasteiger partial charge in [-0.2, -0.15) is 4.98 Å². The monoisotopic (exact) mass is 353 g/mol. The molecule has 25 heavy (non-hydrogen) atoms. The number of carbonyl (C=O) groups is 2. The van der Waals surface area contributed by atoms with E-state index in [9.17, 15) is 9.59 Å². The minimum atomic E-state index is -0.369. The number of carbonyl (C=O) groups excluding carboxylic acids is 2. The zero-order valence-corrected chi connectivity index (χ0v) is 14.5. The Morgan fingerprint density at radius 1 is 1.20 bits per heavy atom. The first-order valence-electron chi connectivity index (χ1n) is 7.60. The summed E-state index contributed by atoms with van der Waals surface area (Å²) in [6.45, 7) is 3.62. The fraction of sp³-hybridized carbons (Fsp3) is 0.533. The van der Waals surface area contributed by atoms with Crippen molar-refractivity contribution in [3.63, 3.8) is 0 Å². The molecule has 2 heterocycles. The molecule has 0 aromatic carbocycles. The Kier molecular flexibility index (Phi) is 8.27. The summed E-state index contributed by atoms with van der Waals surface area (Å²) in [7, 11) is 1.00. The van der Waals surface area contributed by atoms with Gasteiger partial charge in [-0.1, -0.05) is 0 Å². The van der Waals surface area contributed by atoms with E-state index in [1.165, 1.54) is 13.8 Å². The molecule has 0 aliphatic heterocycles. The number of rotatable bonds is 7. The summed E-state index contributed by atoms with van der Waals surface area (Å²) in [6, 6.07) is 0. The molecule has 0 radical (unpaired) electrons. The van der Waals surface area contributed by atoms with Gasteiger partial charge in [0.1, 0.15) is 5.52 Å². The summed E-state index contributed by atoms with van der Waals surface area (Å²) < 4.78 is 11.9. The van der Waals surface area contributed by atoms with E-state index < -0.39 is 0 Å². The second kappa shape index (κ2) is 10.2. The highest BCUT2D eigenvalue weighted by Gasteiger charge is 2.14. The summed E-state index contributed by atoms with van der Waals surface area (Å²) >= 11 is 0. The third kappa shape index (κ3) is 6.71. The Bertz CT molecular complexity index is 685. The molecule has 0 saturated carbocycles. The number of ether oxygens (including phenoxy) is 2. The number of imidazole rings is 1. The summed E-state index contributed by atoms with van der Waals surface area (Å²) in [4.78, 5) is 34.2. The fourth-order valence-corrected chi connectivity index (χ4v) is 2.04. The Morgan fingerprint density at radius 3 is 2.36 bits per heavy atom. The number of esters is 2. The quantitative estimate of drug-likeness (QED) is 0.665. The number of fused-ring (bicyclic) bond motifs is 1. The number of nitrogens with two attached hydrogens (primary N) is 1. The standard InChI is InChI=1S/C14H19N5O4.CH4O/c1-9(20)22-6-11(7-23-10(2)21)3-4-19-8-17-12-5-16-14(15)18-13(12)19;1-2/h5,8,11H,3-4,6-7H2,1-2H3,(H2,15,16,18);2H,1H3. The van der Waals surface area contributed by atoms with E-state index in [1.54, 1.807) is 12.5 Å². The molecule has 0 amide bonds. The maximum absolute atomic E-state index is 11.0. The average molecular weight is 353 g/mol. The Balaban J connectivity index is 0.00000151. The van der Waals surface area contributed by atoms with Crippen LogP contribution in [0, 0.1) is 5.92 Å². The molecule has 0 spiro atoms. The minimum absolute atomic E-state index is 0.112. The predicted molar refractivity (Wildman–Crippen MR) is 89.3 cm³/mol. The summed E-state index contributed by atoms with van der Waals surface area (Å²) in [5.74, 6) is -0.673. The van der Waals surface area contributed by atoms with E-state index in [4.69, 9.17) is 20.3 Å². The zero-order valence-electron chi connectivity index (χ0n) is 14.5. The molecule has 0 fully saturated rings. The van der Waals surface area contributed by atoms with Gasteiger partial charge in [0.15, 0.2) is 5.65 Å². The molecule has 0 atom stereocenters. The van der Waals surface area contributed by atoms with Crippen molar-refractivity contribution < 1.29 is 24.2 Å². The van der Waals surface area contributed by atoms with Gasteiger partial charge in [-0.3, -0.25) is 9.59 Å². The summed E-state index contributed by atoms with van der Waals surface area (Å²) in [5, 5.41) is 7.00. The van der Waals surface area contributed by atoms with Crippen molar-refractivity contribution >= 4 is 29.1 Å². The number of aromatic nitrogens is 4. The molecular formula is C15H23N5O5. The zero-order chi connectivity index (χ0) is 18.8. The van der Waals surface area contributed by atoms with Crippen LogP contribution in [0.4, 0.5) is 5.95 Å². The Labute approximate surface area is 145 Å². The Morgan fingerprint density at radius 2 is 1.80 bits per heavy atom. The first-order valence-corrected chi connectivity index (χ1v) is 7.60. The van der Waals surface area contributed by atoms with Crippen LogP contribution in [0.1, 0.15) is 20.3 Å². The van der Waals surface area contributed by atoms with Crippen molar-refractivity contribution in [2.24, 2.45) is 5.92 Å². The van der Waals surface area contributed by atoms with E-state index in [0.29, 0.717) is 24.1 Å². The van der Waals surface area contributed by atoms with Gasteiger partial charge in [0, 0.05) is 33.4 Å². The molecule has 10 nitrogen and oxygen atoms in total. The number of aliphatic hydroxyl groups excluding tert-OH is 1. The molecule has 3 N–H and O–H groups in total. The summed E-state index contributed by atoms with van der Waals surface area (Å²) in [5.41, 5.74) is 6.88. The van der Waals surface area contributed by atoms with Gasteiger partial charge in [-0.25, -0.2) is 9.97 Å². The SMILES string of the molecule is CC(=O)OCC(CCn1cnc2cnc(N)nc21)COC(C)=O.CO. The van der Waals surface area contributed by atoms with E-state index in [0.717, 1.165) is 7.11 Å². The third-order valence-electron chi connectivity index (χ3n) is 3.20. The van der Waals surface area contributed by atoms with Crippen LogP contribution in [0.3, 0.4) is 0 Å². The molecule has 0 saturated heterocycles. The van der Waals surface area contributed by atoms with Gasteiger partial charge in [0.05, 0.1) is 25.7 Å². The number of hydrogen-bond acceptors (Lipinski definition) is 9. The Hall–Kier alpha value is -2.75. The highest BCUT2D eigenvalue weighted by Crippen LogP contribution is 2.13. The van der Waals surface area contributed by atoms with Gasteiger partial charge in [0.2, 0.25) is 5.95 Å². The van der Waals surface area contributed by atoms with Crippen molar-refractivity contribution in [3.8, 4) is 0 Å². The lowest BCUT2D eigenvalue weighted by atomic mass is 10.1. The lowest BCUT2D eigenvalue weighted by molar-refractivity contribution is -0.146. The van der Waals surface area contributed by atoms with Gasteiger partial charge >= 0.3 is 11.9 Å². The third-order valence-corrected chi connectivity index (χ3v) is 3.20. The van der Waals surface area contributed by atoms with Crippen LogP contribution in [0.25, 0.3) is 11.2 Å². The molecule has 2 aromatic heterocycles. The van der Waals surface area contributed by atoms with E-state index >= 15 is 0 Å². The summed E-state index contributed by atoms with van der Waals surface area (Å²) in [6.07, 6.45) is 3.83. The molecule has 2 rings (SSSR count). The van der Waals surface area contributed by atoms with Crippen molar-refractivity contribution in [3.05, 3.63) is 12.5 Å². The molecule has 0 bridgehead atoms. The van der Waals surface area contributed by atoms with E-state index in [1.807, 2.05) is 4.57 Å². The number of anilines is 1. The first-order chi connectivity index (χ1) is 12.0. The lowest BCUT2D eigenvalue weighted by Gasteiger charge is -2.16. The first kappa shape index (κ1) is 20.3. The number of hydrogen-bond donors (Lipinski definition) is 2. The molecule has 2 aromatic rings. The number of aliphatic hydroxyl groups is 1. The van der Waals surface area contributed by atoms with Crippen LogP contribution in [0.2, 0.25) is 0 Å². The van der Waals surface area contributed by atoms with Crippen molar-refractivity contribution in [2.45, 2.75) is 26.8 Å². The maximum atomic E-state index is 11.0. The van der Waals surface area contributed by atoms with E-state index in [-0.39, 0.29) is 37.0 Å². The number of nitrogen functional groups attached to an aromatic ring is 1. The van der Waals surface area contributed by atoms with Crippen LogP contribution in [0.5, 0.6) is 0 Å². The molecule has 138 valence electrons. The van der Waals surface area contributed by atoms with Gasteiger partial charge in [-0.05, 0) is 6.42 Å². The van der Waals surface area contributed by atoms with Gasteiger partial charge < -0.3 is 24.9 Å². The van der Waals surface area contributed by atoms with Crippen molar-refractivity contribution in [1.29, 1.82) is 0 Å². The lowest BCUT2D eigenvalue weighted by Crippen LogP contribution is -2.21. The highest BCUT2D eigenvalue weighted by molar-refractivity contribution is 5.70. The van der Waals surface area contributed by atoms with Crippen LogP contribution < -0.4 is 5.73 Å². The molecule has 0 aliphatic rings. The normalized spacial score (nSPS) is 10.3. The van der Waals surface area contributed by atoms with Crippen LogP contribution in [-0.2, 0) is 25.6 Å². The fourth-order valence-electron chi connectivity index (χ4n) is 2.04. The van der Waals surface area contributed by atoms with Crippen LogP contribution in [-0.4, -0.2) is 56.9 Å². The average Bonchev–Trinajstić information content (AvgIpc) is 2.98. The van der Waals surface area contributed by atoms with Crippen molar-refractivity contribution in [2.75, 3.05) is 26.1 Å². The van der Waals surface area contributed by atoms with Gasteiger partial charge in [-0.15, -0.1) is 0 Å².